The molecule has 0 spiro atoms. The van der Waals surface area contributed by atoms with Crippen LogP contribution >= 0.6 is 0 Å². The van der Waals surface area contributed by atoms with Crippen LogP contribution in [0.15, 0.2) is 24.3 Å². The summed E-state index contributed by atoms with van der Waals surface area (Å²) in [5.41, 5.74) is 0.835. The highest BCUT2D eigenvalue weighted by Crippen LogP contribution is 2.40. The maximum Gasteiger partial charge on any atom is 0.115 e. The highest BCUT2D eigenvalue weighted by molar-refractivity contribution is 5.27. The lowest BCUT2D eigenvalue weighted by molar-refractivity contribution is 0.136. The summed E-state index contributed by atoms with van der Waals surface area (Å²) in [5.74, 6) is 1.27. The average Bonchev–Trinajstić information content (AvgIpc) is 2.91. The van der Waals surface area contributed by atoms with Gasteiger partial charge < -0.3 is 20.6 Å². The number of phenolic OH excluding ortho intramolecular Hbond substituents is 1. The first-order valence-electron chi connectivity index (χ1n) is 7.02. The number of hydrogen-bond donors (Lipinski definition) is 4. The predicted octanol–water partition coefficient (Wildman–Crippen LogP) is 1.17. The smallest absolute Gasteiger partial charge is 0.115 e. The van der Waals surface area contributed by atoms with Gasteiger partial charge in [0.05, 0.1) is 12.2 Å². The van der Waals surface area contributed by atoms with E-state index in [0.29, 0.717) is 18.3 Å². The Morgan fingerprint density at radius 1 is 1.21 bits per heavy atom. The number of aliphatic hydroxyl groups excluding tert-OH is 2. The third kappa shape index (κ3) is 2.61. The van der Waals surface area contributed by atoms with Gasteiger partial charge in [-0.05, 0) is 55.3 Å². The number of nitrogens with one attached hydrogen (secondary N) is 1. The highest BCUT2D eigenvalue weighted by Gasteiger charge is 2.43. The molecule has 0 amide bonds. The van der Waals surface area contributed by atoms with Crippen LogP contribution in [0.25, 0.3) is 0 Å². The van der Waals surface area contributed by atoms with E-state index in [1.807, 2.05) is 0 Å². The Morgan fingerprint density at radius 3 is 2.68 bits per heavy atom. The first-order chi connectivity index (χ1) is 9.13. The molecular formula is C15H21NO3. The van der Waals surface area contributed by atoms with Crippen molar-refractivity contribution in [2.24, 2.45) is 11.8 Å². The number of aromatic hydroxyl groups is 1. The van der Waals surface area contributed by atoms with Gasteiger partial charge in [0.2, 0.25) is 0 Å². The molecule has 0 radical (unpaired) electrons. The monoisotopic (exact) mass is 263 g/mol. The van der Waals surface area contributed by atoms with E-state index in [4.69, 9.17) is 0 Å². The minimum atomic E-state index is -0.519. The lowest BCUT2D eigenvalue weighted by Gasteiger charge is -2.22. The van der Waals surface area contributed by atoms with E-state index in [9.17, 15) is 15.3 Å². The molecule has 1 aromatic rings. The predicted molar refractivity (Wildman–Crippen MR) is 71.7 cm³/mol. The molecule has 104 valence electrons. The first kappa shape index (κ1) is 12.9. The lowest BCUT2D eigenvalue weighted by Crippen LogP contribution is -2.29. The van der Waals surface area contributed by atoms with E-state index in [2.05, 4.69) is 5.32 Å². The zero-order chi connectivity index (χ0) is 13.4. The van der Waals surface area contributed by atoms with Crippen LogP contribution in [0.4, 0.5) is 0 Å². The molecule has 4 heteroatoms. The molecule has 2 fully saturated rings. The maximum atomic E-state index is 10.3. The molecule has 1 heterocycles. The number of fused-ring (bicyclic) bond motifs is 1. The summed E-state index contributed by atoms with van der Waals surface area (Å²) in [6, 6.07) is 7.00. The van der Waals surface area contributed by atoms with Crippen molar-refractivity contribution in [2.45, 2.75) is 37.5 Å². The van der Waals surface area contributed by atoms with Crippen molar-refractivity contribution < 1.29 is 15.3 Å². The summed E-state index contributed by atoms with van der Waals surface area (Å²) < 4.78 is 0. The Kier molecular flexibility index (Phi) is 3.48. The van der Waals surface area contributed by atoms with Gasteiger partial charge in [-0.3, -0.25) is 0 Å². The minimum Gasteiger partial charge on any atom is -0.508 e. The maximum absolute atomic E-state index is 10.3. The summed E-state index contributed by atoms with van der Waals surface area (Å²) in [6.07, 6.45) is 1.73. The second-order valence-electron chi connectivity index (χ2n) is 5.91. The van der Waals surface area contributed by atoms with Crippen molar-refractivity contribution in [1.82, 2.24) is 5.32 Å². The first-order valence-corrected chi connectivity index (χ1v) is 7.02. The van der Waals surface area contributed by atoms with Crippen LogP contribution in [-0.4, -0.2) is 34.0 Å². The van der Waals surface area contributed by atoms with E-state index in [1.165, 1.54) is 0 Å². The highest BCUT2D eigenvalue weighted by atomic mass is 16.3. The van der Waals surface area contributed by atoms with Gasteiger partial charge in [-0.1, -0.05) is 12.1 Å². The van der Waals surface area contributed by atoms with Gasteiger partial charge >= 0.3 is 0 Å². The molecule has 4 unspecified atom stereocenters. The second-order valence-corrected chi connectivity index (χ2v) is 5.91. The van der Waals surface area contributed by atoms with Gasteiger partial charge in [0.1, 0.15) is 5.75 Å². The van der Waals surface area contributed by atoms with Gasteiger partial charge in [-0.2, -0.15) is 0 Å². The summed E-state index contributed by atoms with van der Waals surface area (Å²) >= 11 is 0. The summed E-state index contributed by atoms with van der Waals surface area (Å²) in [7, 11) is 0. The number of hydrogen-bond acceptors (Lipinski definition) is 4. The molecule has 1 aromatic carbocycles. The zero-order valence-electron chi connectivity index (χ0n) is 10.9. The molecule has 0 aromatic heterocycles. The third-order valence-corrected chi connectivity index (χ3v) is 4.64. The van der Waals surface area contributed by atoms with Crippen molar-refractivity contribution in [2.75, 3.05) is 6.54 Å². The summed E-state index contributed by atoms with van der Waals surface area (Å²) in [4.78, 5) is 0. The van der Waals surface area contributed by atoms with Crippen molar-refractivity contribution in [3.8, 4) is 5.75 Å². The fraction of sp³-hybridized carbons (Fsp3) is 0.600. The van der Waals surface area contributed by atoms with Gasteiger partial charge in [0.25, 0.3) is 0 Å². The molecule has 1 aliphatic heterocycles. The third-order valence-electron chi connectivity index (χ3n) is 4.64. The van der Waals surface area contributed by atoms with E-state index in [0.717, 1.165) is 24.9 Å². The molecule has 4 nitrogen and oxygen atoms in total. The lowest BCUT2D eigenvalue weighted by atomic mass is 9.89. The van der Waals surface area contributed by atoms with Crippen LogP contribution in [-0.2, 0) is 0 Å². The van der Waals surface area contributed by atoms with Gasteiger partial charge in [-0.15, -0.1) is 0 Å². The Hall–Kier alpha value is -1.10. The van der Waals surface area contributed by atoms with E-state index < -0.39 is 6.10 Å². The summed E-state index contributed by atoms with van der Waals surface area (Å²) in [6.45, 7) is 0.953. The second kappa shape index (κ2) is 5.12. The Balaban J connectivity index is 1.63. The van der Waals surface area contributed by atoms with Crippen LogP contribution in [0, 0.1) is 11.8 Å². The largest absolute Gasteiger partial charge is 0.508 e. The number of phenols is 1. The van der Waals surface area contributed by atoms with E-state index in [1.54, 1.807) is 24.3 Å². The topological polar surface area (TPSA) is 72.7 Å². The van der Waals surface area contributed by atoms with Crippen molar-refractivity contribution in [1.29, 1.82) is 0 Å². The molecular weight excluding hydrogens is 242 g/mol. The minimum absolute atomic E-state index is 0.162. The molecule has 19 heavy (non-hydrogen) atoms. The van der Waals surface area contributed by atoms with Gasteiger partial charge in [-0.25, -0.2) is 0 Å². The van der Waals surface area contributed by atoms with Crippen LogP contribution in [0.3, 0.4) is 0 Å². The Morgan fingerprint density at radius 2 is 1.95 bits per heavy atom. The standard InChI is InChI=1S/C15H21NO3/c17-11-3-1-9(2-4-11)15(19)7-14-13-6-12(18)5-10(13)8-16-14/h1-4,10,12-19H,5-8H2/t10?,12?,13?,14?,15-/m1/s1. The van der Waals surface area contributed by atoms with Crippen LogP contribution < -0.4 is 5.32 Å². The Bertz CT molecular complexity index is 434. The SMILES string of the molecule is Oc1ccc([C@H](O)CC2NCC3CC(O)CC32)cc1. The Labute approximate surface area is 113 Å². The van der Waals surface area contributed by atoms with E-state index in [-0.39, 0.29) is 17.9 Å². The molecule has 1 aliphatic carbocycles. The molecule has 4 N–H and O–H groups in total. The molecule has 3 rings (SSSR count). The average molecular weight is 263 g/mol. The number of benzene rings is 1. The van der Waals surface area contributed by atoms with Gasteiger partial charge in [0, 0.05) is 6.04 Å². The fourth-order valence-corrected chi connectivity index (χ4v) is 3.64. The van der Waals surface area contributed by atoms with Crippen LogP contribution in [0.1, 0.15) is 30.9 Å². The zero-order valence-corrected chi connectivity index (χ0v) is 10.9. The quantitative estimate of drug-likeness (QED) is 0.660. The van der Waals surface area contributed by atoms with E-state index >= 15 is 0 Å². The van der Waals surface area contributed by atoms with Crippen molar-refractivity contribution >= 4 is 0 Å². The molecule has 0 bridgehead atoms. The van der Waals surface area contributed by atoms with Gasteiger partial charge in [0.15, 0.2) is 0 Å². The number of aliphatic hydroxyl groups is 2. The van der Waals surface area contributed by atoms with Crippen LogP contribution in [0.2, 0.25) is 0 Å². The van der Waals surface area contributed by atoms with Crippen molar-refractivity contribution in [3.63, 3.8) is 0 Å². The molecule has 1 saturated heterocycles. The number of rotatable bonds is 3. The van der Waals surface area contributed by atoms with Crippen LogP contribution in [0.5, 0.6) is 5.75 Å². The van der Waals surface area contributed by atoms with Crippen molar-refractivity contribution in [3.05, 3.63) is 29.8 Å². The molecule has 2 aliphatic rings. The fourth-order valence-electron chi connectivity index (χ4n) is 3.64. The molecule has 5 atom stereocenters. The summed E-state index contributed by atoms with van der Waals surface area (Å²) in [5, 5.41) is 32.7. The normalized spacial score (nSPS) is 35.3. The molecule has 1 saturated carbocycles.